The van der Waals surface area contributed by atoms with Crippen molar-refractivity contribution >= 4 is 24.2 Å². The molecule has 0 radical (unpaired) electrons. The number of piperidine rings is 1. The van der Waals surface area contributed by atoms with Gasteiger partial charge in [-0.25, -0.2) is 0 Å². The molecule has 1 saturated heterocycles. The number of hydrogen-bond acceptors (Lipinski definition) is 3. The molecule has 20 heavy (non-hydrogen) atoms. The number of amides is 2. The Morgan fingerprint density at radius 3 is 2.65 bits per heavy atom. The number of carbonyl (C=O) groups excluding carboxylic acids is 2. The highest BCUT2D eigenvalue weighted by molar-refractivity contribution is 5.85. The third-order valence-electron chi connectivity index (χ3n) is 3.44. The third kappa shape index (κ3) is 6.57. The van der Waals surface area contributed by atoms with Gasteiger partial charge in [0, 0.05) is 38.5 Å². The van der Waals surface area contributed by atoms with E-state index in [4.69, 9.17) is 5.73 Å². The smallest absolute Gasteiger partial charge is 0.223 e. The maximum atomic E-state index is 12.2. The molecule has 0 aromatic carbocycles. The quantitative estimate of drug-likeness (QED) is 0.776. The van der Waals surface area contributed by atoms with E-state index in [2.05, 4.69) is 19.2 Å². The molecule has 0 aliphatic carbocycles. The van der Waals surface area contributed by atoms with E-state index in [-0.39, 0.29) is 30.3 Å². The summed E-state index contributed by atoms with van der Waals surface area (Å²) >= 11 is 0. The van der Waals surface area contributed by atoms with Crippen molar-refractivity contribution in [3.05, 3.63) is 0 Å². The Morgan fingerprint density at radius 1 is 1.35 bits per heavy atom. The minimum Gasteiger partial charge on any atom is -0.354 e. The van der Waals surface area contributed by atoms with E-state index < -0.39 is 0 Å². The molecule has 0 bridgehead atoms. The number of rotatable bonds is 6. The van der Waals surface area contributed by atoms with Crippen LogP contribution in [-0.2, 0) is 9.59 Å². The van der Waals surface area contributed by atoms with Crippen LogP contribution in [0.15, 0.2) is 0 Å². The summed E-state index contributed by atoms with van der Waals surface area (Å²) in [6.45, 7) is 5.86. The monoisotopic (exact) mass is 305 g/mol. The molecule has 0 saturated carbocycles. The second kappa shape index (κ2) is 10.00. The zero-order chi connectivity index (χ0) is 14.3. The van der Waals surface area contributed by atoms with Crippen molar-refractivity contribution in [3.63, 3.8) is 0 Å². The molecular weight excluding hydrogens is 278 g/mol. The van der Waals surface area contributed by atoms with Gasteiger partial charge in [0.25, 0.3) is 0 Å². The minimum atomic E-state index is -0.0238. The highest BCUT2D eigenvalue weighted by atomic mass is 35.5. The molecule has 0 aromatic heterocycles. The van der Waals surface area contributed by atoms with Gasteiger partial charge >= 0.3 is 0 Å². The first-order valence-electron chi connectivity index (χ1n) is 7.30. The Morgan fingerprint density at radius 2 is 2.05 bits per heavy atom. The van der Waals surface area contributed by atoms with Crippen LogP contribution in [0.1, 0.15) is 46.0 Å². The molecule has 1 aliphatic rings. The molecule has 0 spiro atoms. The maximum Gasteiger partial charge on any atom is 0.223 e. The number of likely N-dealkylation sites (tertiary alicyclic amines) is 1. The zero-order valence-electron chi connectivity index (χ0n) is 12.6. The topological polar surface area (TPSA) is 75.4 Å². The Balaban J connectivity index is 0.00000361. The summed E-state index contributed by atoms with van der Waals surface area (Å²) in [5.41, 5.74) is 5.34. The van der Waals surface area contributed by atoms with Crippen LogP contribution >= 0.6 is 12.4 Å². The first kappa shape index (κ1) is 19.2. The largest absolute Gasteiger partial charge is 0.354 e. The van der Waals surface area contributed by atoms with Crippen LogP contribution in [0, 0.1) is 5.92 Å². The highest BCUT2D eigenvalue weighted by Crippen LogP contribution is 2.18. The Kier molecular flexibility index (Phi) is 9.59. The molecule has 118 valence electrons. The molecule has 1 rings (SSSR count). The van der Waals surface area contributed by atoms with Crippen LogP contribution in [0.5, 0.6) is 0 Å². The number of nitrogens with two attached hydrogens (primary N) is 1. The average molecular weight is 306 g/mol. The molecule has 1 heterocycles. The van der Waals surface area contributed by atoms with Gasteiger partial charge in [-0.05, 0) is 25.2 Å². The lowest BCUT2D eigenvalue weighted by atomic mass is 10.00. The molecule has 0 aromatic rings. The first-order chi connectivity index (χ1) is 9.04. The van der Waals surface area contributed by atoms with E-state index in [1.165, 1.54) is 0 Å². The van der Waals surface area contributed by atoms with Gasteiger partial charge in [0.05, 0.1) is 0 Å². The van der Waals surface area contributed by atoms with Crippen LogP contribution < -0.4 is 11.1 Å². The highest BCUT2D eigenvalue weighted by Gasteiger charge is 2.26. The van der Waals surface area contributed by atoms with E-state index in [1.54, 1.807) is 0 Å². The summed E-state index contributed by atoms with van der Waals surface area (Å²) in [6.07, 6.45) is 4.12. The normalized spacial score (nSPS) is 18.6. The fourth-order valence-electron chi connectivity index (χ4n) is 2.46. The van der Waals surface area contributed by atoms with Gasteiger partial charge < -0.3 is 16.0 Å². The van der Waals surface area contributed by atoms with Gasteiger partial charge in [0.1, 0.15) is 0 Å². The zero-order valence-corrected chi connectivity index (χ0v) is 13.4. The lowest BCUT2D eigenvalue weighted by Crippen LogP contribution is -2.49. The predicted octanol–water partition coefficient (Wildman–Crippen LogP) is 1.30. The van der Waals surface area contributed by atoms with E-state index in [0.29, 0.717) is 31.8 Å². The van der Waals surface area contributed by atoms with Crippen molar-refractivity contribution in [1.82, 2.24) is 10.2 Å². The van der Waals surface area contributed by atoms with E-state index in [9.17, 15) is 9.59 Å². The molecular formula is C14H28ClN3O2. The van der Waals surface area contributed by atoms with Crippen molar-refractivity contribution in [1.29, 1.82) is 0 Å². The van der Waals surface area contributed by atoms with Crippen molar-refractivity contribution in [2.24, 2.45) is 11.7 Å². The molecule has 1 fully saturated rings. The molecule has 6 heteroatoms. The van der Waals surface area contributed by atoms with Crippen LogP contribution in [0.3, 0.4) is 0 Å². The Hall–Kier alpha value is -0.810. The molecule has 1 aliphatic heterocycles. The van der Waals surface area contributed by atoms with Crippen LogP contribution in [0.25, 0.3) is 0 Å². The first-order valence-corrected chi connectivity index (χ1v) is 7.30. The number of nitrogens with zero attached hydrogens (tertiary/aromatic N) is 1. The van der Waals surface area contributed by atoms with Crippen molar-refractivity contribution in [2.75, 3.05) is 19.6 Å². The second-order valence-corrected chi connectivity index (χ2v) is 5.68. The fraction of sp³-hybridized carbons (Fsp3) is 0.857. The van der Waals surface area contributed by atoms with Crippen molar-refractivity contribution in [2.45, 2.75) is 52.0 Å². The summed E-state index contributed by atoms with van der Waals surface area (Å²) < 4.78 is 0. The van der Waals surface area contributed by atoms with Crippen molar-refractivity contribution < 1.29 is 9.59 Å². The van der Waals surface area contributed by atoms with E-state index in [0.717, 1.165) is 25.8 Å². The maximum absolute atomic E-state index is 12.2. The Bertz CT molecular complexity index is 311. The van der Waals surface area contributed by atoms with Crippen LogP contribution in [0.2, 0.25) is 0 Å². The molecule has 5 nitrogen and oxygen atoms in total. The number of hydrogen-bond donors (Lipinski definition) is 2. The summed E-state index contributed by atoms with van der Waals surface area (Å²) in [5.74, 6) is 0.569. The SMILES string of the molecule is CC(C)CC(=O)N1CCCCC1CNC(=O)CCN.Cl. The summed E-state index contributed by atoms with van der Waals surface area (Å²) in [6, 6.07) is 0.154. The predicted molar refractivity (Wildman–Crippen MR) is 82.7 cm³/mol. The van der Waals surface area contributed by atoms with Gasteiger partial charge in [-0.15, -0.1) is 12.4 Å². The van der Waals surface area contributed by atoms with Gasteiger partial charge in [-0.2, -0.15) is 0 Å². The molecule has 3 N–H and O–H groups in total. The lowest BCUT2D eigenvalue weighted by Gasteiger charge is -2.36. The molecule has 1 unspecified atom stereocenters. The number of halogens is 1. The van der Waals surface area contributed by atoms with E-state index >= 15 is 0 Å². The Labute approximate surface area is 128 Å². The summed E-state index contributed by atoms with van der Waals surface area (Å²) in [7, 11) is 0. The van der Waals surface area contributed by atoms with E-state index in [1.807, 2.05) is 4.90 Å². The minimum absolute atomic E-state index is 0. The van der Waals surface area contributed by atoms with Crippen LogP contribution in [0.4, 0.5) is 0 Å². The second-order valence-electron chi connectivity index (χ2n) is 5.68. The van der Waals surface area contributed by atoms with Gasteiger partial charge in [-0.1, -0.05) is 13.8 Å². The van der Waals surface area contributed by atoms with Crippen molar-refractivity contribution in [3.8, 4) is 0 Å². The number of carbonyl (C=O) groups is 2. The lowest BCUT2D eigenvalue weighted by molar-refractivity contribution is -0.136. The van der Waals surface area contributed by atoms with Gasteiger partial charge in [0.15, 0.2) is 0 Å². The molecule has 1 atom stereocenters. The summed E-state index contributed by atoms with van der Waals surface area (Å²) in [5, 5.41) is 2.88. The van der Waals surface area contributed by atoms with Gasteiger partial charge in [-0.3, -0.25) is 9.59 Å². The number of nitrogens with one attached hydrogen (secondary N) is 1. The average Bonchev–Trinajstić information content (AvgIpc) is 2.36. The standard InChI is InChI=1S/C14H27N3O2.ClH/c1-11(2)9-14(19)17-8-4-3-5-12(17)10-16-13(18)6-7-15;/h11-12H,3-10,15H2,1-2H3,(H,16,18);1H. The van der Waals surface area contributed by atoms with Gasteiger partial charge in [0.2, 0.25) is 11.8 Å². The van der Waals surface area contributed by atoms with Crippen LogP contribution in [-0.4, -0.2) is 42.4 Å². The summed E-state index contributed by atoms with van der Waals surface area (Å²) in [4.78, 5) is 25.6. The third-order valence-corrected chi connectivity index (χ3v) is 3.44. The fourth-order valence-corrected chi connectivity index (χ4v) is 2.46. The molecule has 2 amide bonds.